The molecule has 0 aliphatic rings. The van der Waals surface area contributed by atoms with Gasteiger partial charge in [0, 0.05) is 29.1 Å². The molecule has 0 saturated carbocycles. The van der Waals surface area contributed by atoms with Crippen molar-refractivity contribution in [3.05, 3.63) is 58.3 Å². The van der Waals surface area contributed by atoms with E-state index in [-0.39, 0.29) is 6.03 Å². The van der Waals surface area contributed by atoms with Crippen LogP contribution in [0.25, 0.3) is 0 Å². The molecule has 0 aliphatic heterocycles. The summed E-state index contributed by atoms with van der Waals surface area (Å²) in [6.07, 6.45) is 3.40. The highest BCUT2D eigenvalue weighted by molar-refractivity contribution is 9.10. The average Bonchev–Trinajstić information content (AvgIpc) is 2.42. The van der Waals surface area contributed by atoms with Crippen molar-refractivity contribution >= 4 is 27.6 Å². The fourth-order valence-electron chi connectivity index (χ4n) is 1.58. The number of pyridine rings is 1. The number of carbonyl (C=O) groups excluding carboxylic acids is 1. The van der Waals surface area contributed by atoms with Gasteiger partial charge >= 0.3 is 6.03 Å². The number of anilines is 1. The summed E-state index contributed by atoms with van der Waals surface area (Å²) >= 11 is 3.42. The first-order valence-corrected chi connectivity index (χ1v) is 6.64. The predicted molar refractivity (Wildman–Crippen MR) is 79.0 cm³/mol. The lowest BCUT2D eigenvalue weighted by Gasteiger charge is -2.08. The van der Waals surface area contributed by atoms with Gasteiger partial charge in [-0.25, -0.2) is 4.79 Å². The summed E-state index contributed by atoms with van der Waals surface area (Å²) in [4.78, 5) is 15.7. The van der Waals surface area contributed by atoms with Crippen molar-refractivity contribution in [2.45, 2.75) is 13.5 Å². The van der Waals surface area contributed by atoms with Gasteiger partial charge in [0.1, 0.15) is 0 Å². The summed E-state index contributed by atoms with van der Waals surface area (Å²) < 4.78 is 1.02. The van der Waals surface area contributed by atoms with E-state index in [0.717, 1.165) is 21.3 Å². The Balaban J connectivity index is 1.89. The molecule has 2 rings (SSSR count). The molecule has 0 bridgehead atoms. The number of nitrogens with one attached hydrogen (secondary N) is 2. The van der Waals surface area contributed by atoms with Crippen molar-refractivity contribution in [2.24, 2.45) is 0 Å². The number of carbonyl (C=O) groups is 1. The average molecular weight is 320 g/mol. The van der Waals surface area contributed by atoms with Gasteiger partial charge in [0.2, 0.25) is 0 Å². The second kappa shape index (κ2) is 6.33. The van der Waals surface area contributed by atoms with E-state index < -0.39 is 0 Å². The van der Waals surface area contributed by atoms with Crippen LogP contribution in [0, 0.1) is 6.92 Å². The van der Waals surface area contributed by atoms with E-state index in [2.05, 4.69) is 31.5 Å². The molecule has 0 fully saturated rings. The van der Waals surface area contributed by atoms with Crippen LogP contribution in [0.4, 0.5) is 10.5 Å². The number of benzene rings is 1. The van der Waals surface area contributed by atoms with Crippen molar-refractivity contribution in [1.82, 2.24) is 10.3 Å². The van der Waals surface area contributed by atoms with Gasteiger partial charge in [0.15, 0.2) is 0 Å². The molecule has 0 radical (unpaired) electrons. The van der Waals surface area contributed by atoms with E-state index >= 15 is 0 Å². The molecule has 0 aliphatic carbocycles. The summed E-state index contributed by atoms with van der Waals surface area (Å²) in [6.45, 7) is 2.45. The number of aryl methyl sites for hydroxylation is 1. The minimum atomic E-state index is -0.224. The molecule has 4 nitrogen and oxygen atoms in total. The minimum Gasteiger partial charge on any atom is -0.334 e. The van der Waals surface area contributed by atoms with Crippen LogP contribution < -0.4 is 10.6 Å². The predicted octanol–water partition coefficient (Wildman–Crippen LogP) is 3.47. The van der Waals surface area contributed by atoms with Crippen LogP contribution in [0.5, 0.6) is 0 Å². The molecule has 1 aromatic carbocycles. The third-order valence-electron chi connectivity index (χ3n) is 2.62. The monoisotopic (exact) mass is 319 g/mol. The molecule has 2 N–H and O–H groups in total. The van der Waals surface area contributed by atoms with E-state index in [0.29, 0.717) is 6.54 Å². The van der Waals surface area contributed by atoms with Crippen LogP contribution in [0.3, 0.4) is 0 Å². The lowest BCUT2D eigenvalue weighted by atomic mass is 10.2. The number of nitrogens with zero attached hydrogens (tertiary/aromatic N) is 1. The van der Waals surface area contributed by atoms with Crippen LogP contribution in [-0.2, 0) is 6.54 Å². The van der Waals surface area contributed by atoms with Crippen LogP contribution in [0.2, 0.25) is 0 Å². The zero-order chi connectivity index (χ0) is 13.7. The first kappa shape index (κ1) is 13.5. The summed E-state index contributed by atoms with van der Waals surface area (Å²) in [5.41, 5.74) is 2.86. The number of urea groups is 1. The van der Waals surface area contributed by atoms with Crippen LogP contribution in [0.15, 0.2) is 47.2 Å². The Labute approximate surface area is 120 Å². The van der Waals surface area contributed by atoms with E-state index in [9.17, 15) is 4.79 Å². The Morgan fingerprint density at radius 2 is 2.00 bits per heavy atom. The topological polar surface area (TPSA) is 54.0 Å². The number of aromatic nitrogens is 1. The highest BCUT2D eigenvalue weighted by Crippen LogP contribution is 2.19. The van der Waals surface area contributed by atoms with Crippen molar-refractivity contribution in [3.63, 3.8) is 0 Å². The van der Waals surface area contributed by atoms with Gasteiger partial charge in [-0.15, -0.1) is 0 Å². The van der Waals surface area contributed by atoms with Gasteiger partial charge in [-0.2, -0.15) is 0 Å². The molecule has 2 amide bonds. The Hall–Kier alpha value is -1.88. The second-order valence-corrected chi connectivity index (χ2v) is 4.98. The van der Waals surface area contributed by atoms with Crippen molar-refractivity contribution < 1.29 is 4.79 Å². The van der Waals surface area contributed by atoms with Crippen molar-refractivity contribution in [1.29, 1.82) is 0 Å². The lowest BCUT2D eigenvalue weighted by Crippen LogP contribution is -2.28. The maximum atomic E-state index is 11.7. The smallest absolute Gasteiger partial charge is 0.319 e. The van der Waals surface area contributed by atoms with Crippen LogP contribution in [0.1, 0.15) is 11.1 Å². The van der Waals surface area contributed by atoms with Gasteiger partial charge in [-0.1, -0.05) is 15.9 Å². The molecule has 5 heteroatoms. The zero-order valence-corrected chi connectivity index (χ0v) is 12.1. The summed E-state index contributed by atoms with van der Waals surface area (Å²) in [5, 5.41) is 5.59. The van der Waals surface area contributed by atoms with Crippen molar-refractivity contribution in [2.75, 3.05) is 5.32 Å². The fourth-order valence-corrected chi connectivity index (χ4v) is 1.83. The molecule has 0 saturated heterocycles. The number of amides is 2. The van der Waals surface area contributed by atoms with Gasteiger partial charge < -0.3 is 10.6 Å². The van der Waals surface area contributed by atoms with Gasteiger partial charge in [0.05, 0.1) is 0 Å². The van der Waals surface area contributed by atoms with Crippen LogP contribution in [-0.4, -0.2) is 11.0 Å². The largest absolute Gasteiger partial charge is 0.334 e. The maximum Gasteiger partial charge on any atom is 0.319 e. The number of halogens is 1. The molecule has 0 unspecified atom stereocenters. The first-order chi connectivity index (χ1) is 9.15. The standard InChI is InChI=1S/C14H14BrN3O/c1-10-8-12(2-3-13(10)15)18-14(19)17-9-11-4-6-16-7-5-11/h2-8H,9H2,1H3,(H2,17,18,19). The minimum absolute atomic E-state index is 0.224. The molecule has 98 valence electrons. The number of rotatable bonds is 3. The molecule has 0 spiro atoms. The van der Waals surface area contributed by atoms with Gasteiger partial charge in [-0.3, -0.25) is 4.98 Å². The molecular formula is C14H14BrN3O. The molecule has 0 atom stereocenters. The van der Waals surface area contributed by atoms with E-state index in [1.54, 1.807) is 12.4 Å². The van der Waals surface area contributed by atoms with E-state index in [4.69, 9.17) is 0 Å². The highest BCUT2D eigenvalue weighted by Gasteiger charge is 2.03. The molecular weight excluding hydrogens is 306 g/mol. The quantitative estimate of drug-likeness (QED) is 0.910. The Morgan fingerprint density at radius 3 is 2.68 bits per heavy atom. The number of hydrogen-bond donors (Lipinski definition) is 2. The SMILES string of the molecule is Cc1cc(NC(=O)NCc2ccncc2)ccc1Br. The van der Waals surface area contributed by atoms with Crippen molar-refractivity contribution in [3.8, 4) is 0 Å². The molecule has 19 heavy (non-hydrogen) atoms. The van der Waals surface area contributed by atoms with E-state index in [1.165, 1.54) is 0 Å². The molecule has 2 aromatic rings. The zero-order valence-electron chi connectivity index (χ0n) is 10.5. The Bertz CT molecular complexity index is 572. The summed E-state index contributed by atoms with van der Waals surface area (Å²) in [6, 6.07) is 9.18. The first-order valence-electron chi connectivity index (χ1n) is 5.85. The van der Waals surface area contributed by atoms with Gasteiger partial charge in [-0.05, 0) is 48.4 Å². The maximum absolute atomic E-state index is 11.7. The number of hydrogen-bond acceptors (Lipinski definition) is 2. The highest BCUT2D eigenvalue weighted by atomic mass is 79.9. The summed E-state index contributed by atoms with van der Waals surface area (Å²) in [7, 11) is 0. The normalized spacial score (nSPS) is 10.0. The lowest BCUT2D eigenvalue weighted by molar-refractivity contribution is 0.251. The Kier molecular flexibility index (Phi) is 4.52. The molecule has 1 heterocycles. The fraction of sp³-hybridized carbons (Fsp3) is 0.143. The molecule has 1 aromatic heterocycles. The summed E-state index contributed by atoms with van der Waals surface area (Å²) in [5.74, 6) is 0. The Morgan fingerprint density at radius 1 is 1.26 bits per heavy atom. The third-order valence-corrected chi connectivity index (χ3v) is 3.51. The van der Waals surface area contributed by atoms with Gasteiger partial charge in [0.25, 0.3) is 0 Å². The van der Waals surface area contributed by atoms with E-state index in [1.807, 2.05) is 37.3 Å². The third kappa shape index (κ3) is 4.06. The second-order valence-electron chi connectivity index (χ2n) is 4.13. The van der Waals surface area contributed by atoms with Crippen LogP contribution >= 0.6 is 15.9 Å².